The van der Waals surface area contributed by atoms with Gasteiger partial charge in [0.15, 0.2) is 0 Å². The zero-order chi connectivity index (χ0) is 32.0. The number of carbonyl (C=O) groups excluding carboxylic acids is 3. The zero-order valence-corrected chi connectivity index (χ0v) is 25.4. The fourth-order valence-corrected chi connectivity index (χ4v) is 4.91. The van der Waals surface area contributed by atoms with E-state index in [1.54, 1.807) is 48.5 Å². The van der Waals surface area contributed by atoms with E-state index in [0.717, 1.165) is 16.7 Å². The van der Waals surface area contributed by atoms with Gasteiger partial charge in [-0.3, -0.25) is 9.59 Å². The highest BCUT2D eigenvalue weighted by Gasteiger charge is 2.25. The van der Waals surface area contributed by atoms with Crippen LogP contribution in [-0.2, 0) is 29.0 Å². The molecule has 2 amide bonds. The van der Waals surface area contributed by atoms with Crippen molar-refractivity contribution in [3.05, 3.63) is 173 Å². The molecule has 0 radical (unpaired) electrons. The van der Waals surface area contributed by atoms with Crippen molar-refractivity contribution < 1.29 is 23.9 Å². The molecule has 0 spiro atoms. The summed E-state index contributed by atoms with van der Waals surface area (Å²) in [4.78, 5) is 39.7. The number of ether oxygens (including phenoxy) is 2. The van der Waals surface area contributed by atoms with Gasteiger partial charge in [-0.2, -0.15) is 0 Å². The maximum atomic E-state index is 13.6. The van der Waals surface area contributed by atoms with Crippen LogP contribution in [0.3, 0.4) is 0 Å². The van der Waals surface area contributed by atoms with Gasteiger partial charge in [-0.25, -0.2) is 4.79 Å². The van der Waals surface area contributed by atoms with Gasteiger partial charge in [-0.1, -0.05) is 109 Å². The lowest BCUT2D eigenvalue weighted by Gasteiger charge is -2.22. The van der Waals surface area contributed by atoms with E-state index >= 15 is 0 Å². The second kappa shape index (κ2) is 16.4. The summed E-state index contributed by atoms with van der Waals surface area (Å²) < 4.78 is 11.7. The quantitative estimate of drug-likeness (QED) is 0.146. The molecule has 0 aliphatic heterocycles. The van der Waals surface area contributed by atoms with Crippen LogP contribution in [0.1, 0.15) is 37.4 Å². The minimum absolute atomic E-state index is 0.0731. The van der Waals surface area contributed by atoms with Gasteiger partial charge in [0.25, 0.3) is 11.8 Å². The minimum atomic E-state index is -0.967. The molecule has 5 aromatic carbocycles. The van der Waals surface area contributed by atoms with Gasteiger partial charge in [-0.05, 0) is 59.5 Å². The number of hydrogen-bond acceptors (Lipinski definition) is 5. The number of amides is 2. The van der Waals surface area contributed by atoms with Crippen molar-refractivity contribution >= 4 is 17.8 Å². The predicted molar refractivity (Wildman–Crippen MR) is 177 cm³/mol. The average Bonchev–Trinajstić information content (AvgIpc) is 3.11. The monoisotopic (exact) mass is 612 g/mol. The molecule has 232 valence electrons. The lowest BCUT2D eigenvalue weighted by molar-refractivity contribution is -0.146. The lowest BCUT2D eigenvalue weighted by Crippen LogP contribution is -2.46. The maximum Gasteiger partial charge on any atom is 0.329 e. The van der Waals surface area contributed by atoms with Crippen LogP contribution in [0.25, 0.3) is 0 Å². The van der Waals surface area contributed by atoms with Crippen molar-refractivity contribution in [3.63, 3.8) is 0 Å². The molecule has 0 heterocycles. The van der Waals surface area contributed by atoms with Crippen LogP contribution in [0, 0.1) is 0 Å². The highest BCUT2D eigenvalue weighted by molar-refractivity contribution is 5.97. The smallest absolute Gasteiger partial charge is 0.329 e. The molecule has 7 nitrogen and oxygen atoms in total. The highest BCUT2D eigenvalue weighted by Crippen LogP contribution is 2.16. The zero-order valence-electron chi connectivity index (χ0n) is 25.4. The van der Waals surface area contributed by atoms with Crippen molar-refractivity contribution in [2.24, 2.45) is 0 Å². The molecule has 0 unspecified atom stereocenters. The van der Waals surface area contributed by atoms with Gasteiger partial charge in [0.05, 0.1) is 6.04 Å². The Morgan fingerprint density at radius 1 is 0.522 bits per heavy atom. The number of benzene rings is 5. The molecule has 5 rings (SSSR count). The Kier molecular flexibility index (Phi) is 11.3. The Hall–Kier alpha value is -5.69. The van der Waals surface area contributed by atoms with Crippen LogP contribution in [0.5, 0.6) is 5.75 Å². The molecular formula is C39H36N2O5. The van der Waals surface area contributed by atoms with Crippen LogP contribution in [0.2, 0.25) is 0 Å². The Balaban J connectivity index is 1.27. The summed E-state index contributed by atoms with van der Waals surface area (Å²) in [6.45, 7) is 0.365. The Morgan fingerprint density at radius 2 is 1.00 bits per heavy atom. The van der Waals surface area contributed by atoms with Crippen LogP contribution >= 0.6 is 0 Å². The second-order valence-electron chi connectivity index (χ2n) is 10.9. The molecular weight excluding hydrogens is 576 g/mol. The van der Waals surface area contributed by atoms with E-state index in [2.05, 4.69) is 10.6 Å². The van der Waals surface area contributed by atoms with E-state index in [0.29, 0.717) is 29.9 Å². The fraction of sp³-hybridized carbons (Fsp3) is 0.154. The van der Waals surface area contributed by atoms with Crippen molar-refractivity contribution in [2.45, 2.75) is 31.5 Å². The molecule has 0 aliphatic rings. The van der Waals surface area contributed by atoms with Crippen molar-refractivity contribution in [1.29, 1.82) is 0 Å². The number of nitrogens with one attached hydrogen (secondary N) is 2. The van der Waals surface area contributed by atoms with E-state index in [1.807, 2.05) is 97.1 Å². The predicted octanol–water partition coefficient (Wildman–Crippen LogP) is 6.19. The van der Waals surface area contributed by atoms with Crippen LogP contribution in [0.4, 0.5) is 0 Å². The third-order valence-corrected chi connectivity index (χ3v) is 7.36. The Morgan fingerprint density at radius 3 is 1.57 bits per heavy atom. The first-order valence-electron chi connectivity index (χ1n) is 15.2. The van der Waals surface area contributed by atoms with Crippen molar-refractivity contribution in [3.8, 4) is 5.75 Å². The third-order valence-electron chi connectivity index (χ3n) is 7.36. The van der Waals surface area contributed by atoms with Gasteiger partial charge >= 0.3 is 5.97 Å². The first-order chi connectivity index (χ1) is 22.5. The summed E-state index contributed by atoms with van der Waals surface area (Å²) in [7, 11) is 0. The van der Waals surface area contributed by atoms with E-state index in [1.165, 1.54) is 0 Å². The molecule has 0 fully saturated rings. The SMILES string of the molecule is O=C(N[C@H](COC(=O)[C@@H](Cc1ccc(OCc2ccccc2)cc1)NC(=O)c1ccccc1)Cc1ccccc1)c1ccccc1. The van der Waals surface area contributed by atoms with Gasteiger partial charge in [-0.15, -0.1) is 0 Å². The molecule has 5 aromatic rings. The topological polar surface area (TPSA) is 93.7 Å². The van der Waals surface area contributed by atoms with E-state index in [-0.39, 0.29) is 24.8 Å². The summed E-state index contributed by atoms with van der Waals surface area (Å²) in [6, 6.07) is 43.1. The molecule has 0 bridgehead atoms. The summed E-state index contributed by atoms with van der Waals surface area (Å²) in [5.41, 5.74) is 3.81. The lowest BCUT2D eigenvalue weighted by atomic mass is 10.0. The van der Waals surface area contributed by atoms with E-state index < -0.39 is 18.1 Å². The molecule has 0 aliphatic carbocycles. The highest BCUT2D eigenvalue weighted by atomic mass is 16.5. The van der Waals surface area contributed by atoms with E-state index in [9.17, 15) is 14.4 Å². The summed E-state index contributed by atoms with van der Waals surface area (Å²) in [5, 5.41) is 5.86. The van der Waals surface area contributed by atoms with Gasteiger partial charge in [0.2, 0.25) is 0 Å². The molecule has 2 N–H and O–H groups in total. The van der Waals surface area contributed by atoms with Crippen LogP contribution in [0.15, 0.2) is 146 Å². The minimum Gasteiger partial charge on any atom is -0.489 e. The van der Waals surface area contributed by atoms with Crippen molar-refractivity contribution in [2.75, 3.05) is 6.61 Å². The summed E-state index contributed by atoms with van der Waals surface area (Å²) >= 11 is 0. The third kappa shape index (κ3) is 9.66. The first-order valence-corrected chi connectivity index (χ1v) is 15.2. The number of esters is 1. The normalized spacial score (nSPS) is 11.9. The maximum absolute atomic E-state index is 13.6. The molecule has 0 aromatic heterocycles. The molecule has 0 saturated heterocycles. The van der Waals surface area contributed by atoms with Gasteiger partial charge in [0, 0.05) is 17.5 Å². The average molecular weight is 613 g/mol. The number of carbonyl (C=O) groups is 3. The second-order valence-corrected chi connectivity index (χ2v) is 10.9. The van der Waals surface area contributed by atoms with Crippen LogP contribution in [-0.4, -0.2) is 36.5 Å². The van der Waals surface area contributed by atoms with Gasteiger partial charge < -0.3 is 20.1 Å². The Labute approximate surface area is 269 Å². The molecule has 2 atom stereocenters. The first kappa shape index (κ1) is 31.7. The standard InChI is InChI=1S/C39H36N2O5/c42-37(32-17-9-3-10-18-32)40-34(25-29-13-5-1-6-14-29)28-46-39(44)36(41-38(43)33-19-11-4-12-20-33)26-30-21-23-35(24-22-30)45-27-31-15-7-2-8-16-31/h1-24,34,36H,25-28H2,(H,40,42)(H,41,43)/t34-,36+/m0/s1. The fourth-order valence-electron chi connectivity index (χ4n) is 4.91. The molecule has 0 saturated carbocycles. The largest absolute Gasteiger partial charge is 0.489 e. The van der Waals surface area contributed by atoms with Gasteiger partial charge in [0.1, 0.15) is 25.0 Å². The summed E-state index contributed by atoms with van der Waals surface area (Å²) in [6.07, 6.45) is 0.661. The molecule has 46 heavy (non-hydrogen) atoms. The molecule has 7 heteroatoms. The Bertz CT molecular complexity index is 1680. The van der Waals surface area contributed by atoms with E-state index in [4.69, 9.17) is 9.47 Å². The number of rotatable bonds is 14. The van der Waals surface area contributed by atoms with Crippen LogP contribution < -0.4 is 15.4 Å². The summed E-state index contributed by atoms with van der Waals surface area (Å²) in [5.74, 6) is -0.552. The van der Waals surface area contributed by atoms with Crippen molar-refractivity contribution in [1.82, 2.24) is 10.6 Å². The number of hydrogen-bond donors (Lipinski definition) is 2.